The molecule has 0 bridgehead atoms. The highest BCUT2D eigenvalue weighted by molar-refractivity contribution is 5.91. The molecule has 0 fully saturated rings. The van der Waals surface area contributed by atoms with E-state index in [1.807, 2.05) is 54.6 Å². The van der Waals surface area contributed by atoms with Crippen molar-refractivity contribution >= 4 is 22.7 Å². The summed E-state index contributed by atoms with van der Waals surface area (Å²) in [6.07, 6.45) is 0.838. The van der Waals surface area contributed by atoms with Gasteiger partial charge in [0, 0.05) is 24.5 Å². The van der Waals surface area contributed by atoms with Crippen molar-refractivity contribution in [2.24, 2.45) is 0 Å². The number of rotatable bonds is 7. The third-order valence-corrected chi connectivity index (χ3v) is 6.24. The van der Waals surface area contributed by atoms with Crippen LogP contribution in [0.2, 0.25) is 0 Å². The Morgan fingerprint density at radius 3 is 2.23 bits per heavy atom. The molecule has 4 aromatic rings. The van der Waals surface area contributed by atoms with E-state index in [4.69, 9.17) is 29.7 Å². The van der Waals surface area contributed by atoms with Gasteiger partial charge in [0.25, 0.3) is 0 Å². The van der Waals surface area contributed by atoms with Crippen LogP contribution in [-0.4, -0.2) is 37.8 Å². The molecule has 0 radical (unpaired) electrons. The van der Waals surface area contributed by atoms with E-state index >= 15 is 0 Å². The van der Waals surface area contributed by atoms with E-state index in [9.17, 15) is 0 Å². The zero-order valence-electron chi connectivity index (χ0n) is 20.1. The monoisotopic (exact) mass is 472 g/mol. The number of hydrogen-bond donors (Lipinski definition) is 1. The van der Waals surface area contributed by atoms with Crippen LogP contribution >= 0.6 is 0 Å². The Morgan fingerprint density at radius 1 is 0.829 bits per heavy atom. The summed E-state index contributed by atoms with van der Waals surface area (Å²) in [5.41, 5.74) is 10.5. The van der Waals surface area contributed by atoms with Crippen LogP contribution in [-0.2, 0) is 19.6 Å². The average Bonchev–Trinajstić information content (AvgIpc) is 2.90. The number of fused-ring (bicyclic) bond motifs is 2. The lowest BCUT2D eigenvalue weighted by Crippen LogP contribution is -2.32. The van der Waals surface area contributed by atoms with E-state index in [1.54, 1.807) is 21.3 Å². The Balaban J connectivity index is 1.46. The molecule has 8 nitrogen and oxygen atoms in total. The number of benzene rings is 3. The van der Waals surface area contributed by atoms with Crippen LogP contribution in [0.25, 0.3) is 10.9 Å². The molecule has 0 unspecified atom stereocenters. The maximum absolute atomic E-state index is 6.37. The van der Waals surface area contributed by atoms with Gasteiger partial charge < -0.3 is 29.6 Å². The topological polar surface area (TPSA) is 92.0 Å². The lowest BCUT2D eigenvalue weighted by atomic mass is 9.99. The van der Waals surface area contributed by atoms with Crippen LogP contribution < -0.4 is 29.6 Å². The Morgan fingerprint density at radius 2 is 1.51 bits per heavy atom. The number of aromatic nitrogens is 2. The van der Waals surface area contributed by atoms with Gasteiger partial charge in [0.15, 0.2) is 23.0 Å². The summed E-state index contributed by atoms with van der Waals surface area (Å²) in [5.74, 6) is 3.62. The molecular formula is C27H28N4O4. The second kappa shape index (κ2) is 9.58. The number of methoxy groups -OCH3 is 3. The number of nitrogens with zero attached hydrogens (tertiary/aromatic N) is 3. The fourth-order valence-corrected chi connectivity index (χ4v) is 4.35. The maximum Gasteiger partial charge on any atom is 0.228 e. The highest BCUT2D eigenvalue weighted by Gasteiger charge is 2.23. The van der Waals surface area contributed by atoms with Gasteiger partial charge in [0.05, 0.1) is 26.8 Å². The van der Waals surface area contributed by atoms with Crippen molar-refractivity contribution in [2.75, 3.05) is 38.5 Å². The molecule has 180 valence electrons. The second-order valence-electron chi connectivity index (χ2n) is 8.35. The second-order valence-corrected chi connectivity index (χ2v) is 8.35. The number of nitrogen functional groups attached to an aromatic ring is 1. The van der Waals surface area contributed by atoms with Gasteiger partial charge in [-0.3, -0.25) is 0 Å². The van der Waals surface area contributed by atoms with E-state index in [0.717, 1.165) is 35.2 Å². The van der Waals surface area contributed by atoms with Crippen LogP contribution in [0.15, 0.2) is 54.6 Å². The maximum atomic E-state index is 6.37. The first kappa shape index (κ1) is 22.6. The van der Waals surface area contributed by atoms with Gasteiger partial charge in [0.2, 0.25) is 5.95 Å². The van der Waals surface area contributed by atoms with Crippen molar-refractivity contribution in [3.05, 3.63) is 71.3 Å². The van der Waals surface area contributed by atoms with Gasteiger partial charge in [-0.1, -0.05) is 30.3 Å². The number of ether oxygens (including phenoxy) is 4. The molecule has 1 aliphatic heterocycles. The molecule has 3 aromatic carbocycles. The van der Waals surface area contributed by atoms with Crippen molar-refractivity contribution in [1.82, 2.24) is 9.97 Å². The summed E-state index contributed by atoms with van der Waals surface area (Å²) in [6, 6.07) is 17.7. The summed E-state index contributed by atoms with van der Waals surface area (Å²) < 4.78 is 22.6. The van der Waals surface area contributed by atoms with Crippen molar-refractivity contribution in [1.29, 1.82) is 0 Å². The van der Waals surface area contributed by atoms with Gasteiger partial charge in [-0.15, -0.1) is 0 Å². The Labute approximate surface area is 204 Å². The zero-order chi connectivity index (χ0) is 24.4. The zero-order valence-corrected chi connectivity index (χ0v) is 20.1. The molecule has 35 heavy (non-hydrogen) atoms. The van der Waals surface area contributed by atoms with E-state index in [1.165, 1.54) is 5.56 Å². The molecule has 0 spiro atoms. The third kappa shape index (κ3) is 4.47. The average molecular weight is 473 g/mol. The molecule has 0 saturated heterocycles. The fraction of sp³-hybridized carbons (Fsp3) is 0.259. The van der Waals surface area contributed by atoms with E-state index in [2.05, 4.69) is 9.88 Å². The Hall–Kier alpha value is -4.20. The lowest BCUT2D eigenvalue weighted by molar-refractivity contribution is 0.285. The predicted octanol–water partition coefficient (Wildman–Crippen LogP) is 4.38. The molecule has 0 amide bonds. The number of anilines is 2. The molecule has 0 saturated carbocycles. The van der Waals surface area contributed by atoms with Gasteiger partial charge in [-0.2, -0.15) is 4.98 Å². The van der Waals surface area contributed by atoms with Gasteiger partial charge >= 0.3 is 0 Å². The van der Waals surface area contributed by atoms with E-state index in [-0.39, 0.29) is 0 Å². The van der Waals surface area contributed by atoms with Crippen molar-refractivity contribution in [3.63, 3.8) is 0 Å². The molecule has 1 aromatic heterocycles. The molecule has 0 aliphatic carbocycles. The summed E-state index contributed by atoms with van der Waals surface area (Å²) in [5, 5.41) is 0.724. The molecule has 8 heteroatoms. The van der Waals surface area contributed by atoms with Gasteiger partial charge in [0.1, 0.15) is 12.4 Å². The smallest absolute Gasteiger partial charge is 0.228 e. The first-order chi connectivity index (χ1) is 17.1. The highest BCUT2D eigenvalue weighted by atomic mass is 16.5. The largest absolute Gasteiger partial charge is 0.493 e. The normalized spacial score (nSPS) is 12.8. The van der Waals surface area contributed by atoms with Crippen molar-refractivity contribution in [2.45, 2.75) is 19.6 Å². The van der Waals surface area contributed by atoms with Crippen LogP contribution in [0.3, 0.4) is 0 Å². The van der Waals surface area contributed by atoms with Crippen LogP contribution in [0.5, 0.6) is 23.0 Å². The molecule has 2 N–H and O–H groups in total. The quantitative estimate of drug-likeness (QED) is 0.424. The summed E-state index contributed by atoms with van der Waals surface area (Å²) in [7, 11) is 4.90. The Bertz CT molecular complexity index is 1360. The molecule has 1 aliphatic rings. The Kier molecular flexibility index (Phi) is 6.18. The SMILES string of the molecule is COc1cc2c(cc1OC)CN(c1nc(N)c3cc(OC)c(OCc4ccccc4)cc3n1)CC2. The van der Waals surface area contributed by atoms with Crippen LogP contribution in [0.4, 0.5) is 11.8 Å². The first-order valence-corrected chi connectivity index (χ1v) is 11.4. The third-order valence-electron chi connectivity index (χ3n) is 6.24. The summed E-state index contributed by atoms with van der Waals surface area (Å²) in [4.78, 5) is 11.6. The minimum atomic E-state index is 0.399. The van der Waals surface area contributed by atoms with E-state index < -0.39 is 0 Å². The molecule has 0 atom stereocenters. The first-order valence-electron chi connectivity index (χ1n) is 11.4. The van der Waals surface area contributed by atoms with Crippen LogP contribution in [0, 0.1) is 0 Å². The summed E-state index contributed by atoms with van der Waals surface area (Å²) in [6.45, 7) is 1.83. The van der Waals surface area contributed by atoms with Crippen molar-refractivity contribution < 1.29 is 18.9 Å². The fourth-order valence-electron chi connectivity index (χ4n) is 4.35. The van der Waals surface area contributed by atoms with Crippen molar-refractivity contribution in [3.8, 4) is 23.0 Å². The number of hydrogen-bond acceptors (Lipinski definition) is 8. The summed E-state index contributed by atoms with van der Waals surface area (Å²) >= 11 is 0. The van der Waals surface area contributed by atoms with E-state index in [0.29, 0.717) is 47.7 Å². The predicted molar refractivity (Wildman–Crippen MR) is 136 cm³/mol. The molecule has 2 heterocycles. The standard InChI is InChI=1S/C27H28N4O4/c1-32-22-11-18-9-10-31(15-19(18)12-23(22)33-2)27-29-21-14-25(35-16-17-7-5-4-6-8-17)24(34-3)13-20(21)26(28)30-27/h4-8,11-14H,9-10,15-16H2,1-3H3,(H2,28,29,30). The lowest BCUT2D eigenvalue weighted by Gasteiger charge is -2.30. The van der Waals surface area contributed by atoms with Crippen LogP contribution in [0.1, 0.15) is 16.7 Å². The minimum Gasteiger partial charge on any atom is -0.493 e. The minimum absolute atomic E-state index is 0.399. The molecular weight excluding hydrogens is 444 g/mol. The number of nitrogens with two attached hydrogens (primary N) is 1. The molecule has 5 rings (SSSR count). The highest BCUT2D eigenvalue weighted by Crippen LogP contribution is 2.37. The van der Waals surface area contributed by atoms with Gasteiger partial charge in [-0.05, 0) is 41.3 Å². The van der Waals surface area contributed by atoms with Gasteiger partial charge in [-0.25, -0.2) is 4.98 Å².